The second-order valence-corrected chi connectivity index (χ2v) is 7.59. The van der Waals surface area contributed by atoms with Crippen LogP contribution in [0.25, 0.3) is 5.69 Å². The summed E-state index contributed by atoms with van der Waals surface area (Å²) in [5.41, 5.74) is 3.52. The molecule has 0 atom stereocenters. The number of carbonyl (C=O) groups is 1. The van der Waals surface area contributed by atoms with Crippen molar-refractivity contribution in [3.05, 3.63) is 84.2 Å². The molecule has 0 aliphatic carbocycles. The van der Waals surface area contributed by atoms with E-state index in [0.29, 0.717) is 6.42 Å². The number of benzene rings is 2. The summed E-state index contributed by atoms with van der Waals surface area (Å²) in [5, 5.41) is 4.42. The molecule has 2 aromatic carbocycles. The average molecular weight is 389 g/mol. The smallest absolute Gasteiger partial charge is 0.222 e. The molecule has 0 unspecified atom stereocenters. The summed E-state index contributed by atoms with van der Waals surface area (Å²) in [5.74, 6) is 0.250. The minimum Gasteiger partial charge on any atom is -0.340 e. The van der Waals surface area contributed by atoms with Gasteiger partial charge in [0.15, 0.2) is 0 Å². The number of amides is 1. The lowest BCUT2D eigenvalue weighted by atomic mass is 10.1. The van der Waals surface area contributed by atoms with E-state index < -0.39 is 0 Å². The highest BCUT2D eigenvalue weighted by Gasteiger charge is 2.20. The molecule has 1 fully saturated rings. The third kappa shape index (κ3) is 5.33. The van der Waals surface area contributed by atoms with Crippen molar-refractivity contribution in [3.63, 3.8) is 0 Å². The molecule has 0 radical (unpaired) electrons. The van der Waals surface area contributed by atoms with Gasteiger partial charge < -0.3 is 4.90 Å². The van der Waals surface area contributed by atoms with Crippen LogP contribution >= 0.6 is 0 Å². The second kappa shape index (κ2) is 9.52. The summed E-state index contributed by atoms with van der Waals surface area (Å²) in [6.45, 7) is 4.65. The summed E-state index contributed by atoms with van der Waals surface area (Å²) in [6, 6.07) is 20.6. The van der Waals surface area contributed by atoms with Gasteiger partial charge in [0.1, 0.15) is 0 Å². The zero-order chi connectivity index (χ0) is 19.9. The lowest BCUT2D eigenvalue weighted by Gasteiger charge is -2.34. The van der Waals surface area contributed by atoms with E-state index >= 15 is 0 Å². The molecule has 1 aliphatic heterocycles. The molecule has 5 heteroatoms. The van der Waals surface area contributed by atoms with E-state index in [4.69, 9.17) is 0 Å². The predicted octanol–water partition coefficient (Wildman–Crippen LogP) is 3.19. The summed E-state index contributed by atoms with van der Waals surface area (Å²) >= 11 is 0. The minimum absolute atomic E-state index is 0.250. The van der Waals surface area contributed by atoms with Crippen molar-refractivity contribution in [1.29, 1.82) is 0 Å². The number of carbonyl (C=O) groups excluding carboxylic acids is 1. The van der Waals surface area contributed by atoms with Gasteiger partial charge in [-0.05, 0) is 36.1 Å². The third-order valence-electron chi connectivity index (χ3n) is 5.57. The monoisotopic (exact) mass is 388 g/mol. The van der Waals surface area contributed by atoms with Crippen LogP contribution in [0.5, 0.6) is 0 Å². The average Bonchev–Trinajstić information content (AvgIpc) is 3.27. The Morgan fingerprint density at radius 3 is 2.24 bits per heavy atom. The molecule has 1 aromatic heterocycles. The molecule has 0 spiro atoms. The Hall–Kier alpha value is -2.92. The van der Waals surface area contributed by atoms with E-state index in [1.807, 2.05) is 52.3 Å². The van der Waals surface area contributed by atoms with Crippen molar-refractivity contribution in [2.24, 2.45) is 0 Å². The van der Waals surface area contributed by atoms with Gasteiger partial charge in [-0.3, -0.25) is 9.69 Å². The largest absolute Gasteiger partial charge is 0.340 e. The Kier molecular flexibility index (Phi) is 6.37. The number of nitrogens with zero attached hydrogens (tertiary/aromatic N) is 4. The van der Waals surface area contributed by atoms with E-state index in [2.05, 4.69) is 40.3 Å². The standard InChI is InChI=1S/C24H28N4O/c29-24(12-11-22-19-25-28(20-22)23-9-5-2-6-10-23)27-17-15-26(16-18-27)14-13-21-7-3-1-4-8-21/h1-10,19-20H,11-18H2. The van der Waals surface area contributed by atoms with Crippen LogP contribution in [-0.4, -0.2) is 58.2 Å². The van der Waals surface area contributed by atoms with Crippen LogP contribution in [0.2, 0.25) is 0 Å². The minimum atomic E-state index is 0.250. The van der Waals surface area contributed by atoms with Gasteiger partial charge in [0.25, 0.3) is 0 Å². The Morgan fingerprint density at radius 1 is 0.828 bits per heavy atom. The Morgan fingerprint density at radius 2 is 1.52 bits per heavy atom. The van der Waals surface area contributed by atoms with Crippen molar-refractivity contribution in [2.75, 3.05) is 32.7 Å². The lowest BCUT2D eigenvalue weighted by molar-refractivity contribution is -0.132. The fourth-order valence-corrected chi connectivity index (χ4v) is 3.77. The van der Waals surface area contributed by atoms with Crippen molar-refractivity contribution >= 4 is 5.91 Å². The van der Waals surface area contributed by atoms with Crippen molar-refractivity contribution in [3.8, 4) is 5.69 Å². The van der Waals surface area contributed by atoms with Gasteiger partial charge in [-0.25, -0.2) is 4.68 Å². The van der Waals surface area contributed by atoms with Crippen LogP contribution < -0.4 is 0 Å². The first-order valence-electron chi connectivity index (χ1n) is 10.4. The second-order valence-electron chi connectivity index (χ2n) is 7.59. The Labute approximate surface area is 172 Å². The quantitative estimate of drug-likeness (QED) is 0.624. The zero-order valence-corrected chi connectivity index (χ0v) is 16.8. The molecule has 4 rings (SSSR count). The summed E-state index contributed by atoms with van der Waals surface area (Å²) in [6.07, 6.45) is 6.23. The molecule has 3 aromatic rings. The van der Waals surface area contributed by atoms with E-state index in [0.717, 1.165) is 56.8 Å². The summed E-state index contributed by atoms with van der Waals surface area (Å²) in [4.78, 5) is 17.1. The first kappa shape index (κ1) is 19.4. The van der Waals surface area contributed by atoms with Gasteiger partial charge >= 0.3 is 0 Å². The molecular formula is C24H28N4O. The highest BCUT2D eigenvalue weighted by atomic mass is 16.2. The molecule has 1 aliphatic rings. The number of hydrogen-bond donors (Lipinski definition) is 0. The maximum Gasteiger partial charge on any atom is 0.222 e. The van der Waals surface area contributed by atoms with Crippen molar-refractivity contribution < 1.29 is 4.79 Å². The molecule has 1 saturated heterocycles. The number of para-hydroxylation sites is 1. The number of aryl methyl sites for hydroxylation is 1. The molecule has 5 nitrogen and oxygen atoms in total. The lowest BCUT2D eigenvalue weighted by Crippen LogP contribution is -2.49. The van der Waals surface area contributed by atoms with Gasteiger partial charge in [-0.1, -0.05) is 48.5 Å². The van der Waals surface area contributed by atoms with Crippen LogP contribution in [0, 0.1) is 0 Å². The molecule has 2 heterocycles. The van der Waals surface area contributed by atoms with Gasteiger partial charge in [-0.15, -0.1) is 0 Å². The van der Waals surface area contributed by atoms with Gasteiger partial charge in [0, 0.05) is 45.3 Å². The van der Waals surface area contributed by atoms with Crippen molar-refractivity contribution in [2.45, 2.75) is 19.3 Å². The Balaban J connectivity index is 1.20. The predicted molar refractivity (Wildman–Crippen MR) is 115 cm³/mol. The highest BCUT2D eigenvalue weighted by molar-refractivity contribution is 5.76. The number of hydrogen-bond acceptors (Lipinski definition) is 3. The fourth-order valence-electron chi connectivity index (χ4n) is 3.77. The number of piperazine rings is 1. The van der Waals surface area contributed by atoms with Crippen molar-refractivity contribution in [1.82, 2.24) is 19.6 Å². The molecule has 29 heavy (non-hydrogen) atoms. The highest BCUT2D eigenvalue weighted by Crippen LogP contribution is 2.11. The normalized spacial score (nSPS) is 14.8. The van der Waals surface area contributed by atoms with Gasteiger partial charge in [0.05, 0.1) is 11.9 Å². The molecule has 0 saturated carbocycles. The summed E-state index contributed by atoms with van der Waals surface area (Å²) < 4.78 is 1.87. The third-order valence-corrected chi connectivity index (χ3v) is 5.57. The van der Waals surface area contributed by atoms with Crippen LogP contribution in [0.1, 0.15) is 17.5 Å². The molecule has 1 amide bonds. The molecule has 0 N–H and O–H groups in total. The van der Waals surface area contributed by atoms with E-state index in [1.54, 1.807) is 0 Å². The maximum atomic E-state index is 12.6. The van der Waals surface area contributed by atoms with E-state index in [9.17, 15) is 4.79 Å². The maximum absolute atomic E-state index is 12.6. The number of aromatic nitrogens is 2. The zero-order valence-electron chi connectivity index (χ0n) is 16.8. The van der Waals surface area contributed by atoms with E-state index in [1.165, 1.54) is 5.56 Å². The van der Waals surface area contributed by atoms with Crippen LogP contribution in [0.15, 0.2) is 73.1 Å². The van der Waals surface area contributed by atoms with Gasteiger partial charge in [0.2, 0.25) is 5.91 Å². The van der Waals surface area contributed by atoms with Crippen LogP contribution in [0.3, 0.4) is 0 Å². The topological polar surface area (TPSA) is 41.4 Å². The number of rotatable bonds is 7. The van der Waals surface area contributed by atoms with Gasteiger partial charge in [-0.2, -0.15) is 5.10 Å². The molecule has 150 valence electrons. The summed E-state index contributed by atoms with van der Waals surface area (Å²) in [7, 11) is 0. The first-order chi connectivity index (χ1) is 14.3. The SMILES string of the molecule is O=C(CCc1cnn(-c2ccccc2)c1)N1CCN(CCc2ccccc2)CC1. The Bertz CT molecular complexity index is 899. The molecular weight excluding hydrogens is 360 g/mol. The van der Waals surface area contributed by atoms with Crippen LogP contribution in [-0.2, 0) is 17.6 Å². The van der Waals surface area contributed by atoms with E-state index in [-0.39, 0.29) is 5.91 Å². The first-order valence-corrected chi connectivity index (χ1v) is 10.4. The molecule has 0 bridgehead atoms. The fraction of sp³-hybridized carbons (Fsp3) is 0.333. The van der Waals surface area contributed by atoms with Crippen LogP contribution in [0.4, 0.5) is 0 Å².